The molecule has 1 saturated heterocycles. The fraction of sp³-hybridized carbons (Fsp3) is 0.583. The molecule has 2 N–H and O–H groups in total. The van der Waals surface area contributed by atoms with Gasteiger partial charge >= 0.3 is 0 Å². The highest BCUT2D eigenvalue weighted by Gasteiger charge is 2.29. The second-order valence-corrected chi connectivity index (χ2v) is 6.73. The summed E-state index contributed by atoms with van der Waals surface area (Å²) in [6, 6.07) is 2.04. The molecule has 2 heterocycles. The maximum absolute atomic E-state index is 5.82. The van der Waals surface area contributed by atoms with E-state index in [0.717, 1.165) is 47.2 Å². The van der Waals surface area contributed by atoms with E-state index in [-0.39, 0.29) is 0 Å². The fourth-order valence-corrected chi connectivity index (χ4v) is 3.34. The summed E-state index contributed by atoms with van der Waals surface area (Å²) < 4.78 is 2.04. The molecule has 0 saturated carbocycles. The number of halogens is 2. The van der Waals surface area contributed by atoms with Gasteiger partial charge in [0.05, 0.1) is 4.47 Å². The maximum atomic E-state index is 5.82. The molecule has 1 aromatic heterocycles. The Hall–Kier alpha value is -0.130. The zero-order valence-electron chi connectivity index (χ0n) is 9.92. The number of hydrogen-bond donors (Lipinski definition) is 1. The van der Waals surface area contributed by atoms with E-state index in [4.69, 9.17) is 5.73 Å². The maximum Gasteiger partial charge on any atom is 0.142 e. The molecule has 0 unspecified atom stereocenters. The van der Waals surface area contributed by atoms with Crippen LogP contribution in [0.25, 0.3) is 0 Å². The molecule has 1 aliphatic rings. The lowest BCUT2D eigenvalue weighted by Gasteiger charge is -2.39. The summed E-state index contributed by atoms with van der Waals surface area (Å²) in [6.45, 7) is 5.10. The van der Waals surface area contributed by atoms with Crippen molar-refractivity contribution in [1.29, 1.82) is 0 Å². The van der Waals surface area contributed by atoms with Crippen LogP contribution < -0.4 is 10.6 Å². The van der Waals surface area contributed by atoms with Gasteiger partial charge in [0.2, 0.25) is 0 Å². The minimum Gasteiger partial charge on any atom is -0.356 e. The van der Waals surface area contributed by atoms with E-state index in [2.05, 4.69) is 48.7 Å². The summed E-state index contributed by atoms with van der Waals surface area (Å²) in [5, 5.41) is 0. The predicted molar refractivity (Wildman–Crippen MR) is 78.2 cm³/mol. The van der Waals surface area contributed by atoms with Crippen LogP contribution in [0.2, 0.25) is 0 Å². The molecular weight excluding hydrogens is 346 g/mol. The molecular formula is C12H17Br2N3. The Morgan fingerprint density at radius 2 is 2.06 bits per heavy atom. The Morgan fingerprint density at radius 1 is 1.41 bits per heavy atom. The lowest BCUT2D eigenvalue weighted by molar-refractivity contribution is 0.258. The van der Waals surface area contributed by atoms with Crippen molar-refractivity contribution >= 4 is 37.7 Å². The van der Waals surface area contributed by atoms with Crippen LogP contribution in [0.5, 0.6) is 0 Å². The summed E-state index contributed by atoms with van der Waals surface area (Å²) in [5.74, 6) is 1.03. The van der Waals surface area contributed by atoms with Gasteiger partial charge in [-0.15, -0.1) is 0 Å². The second-order valence-electron chi connectivity index (χ2n) is 4.96. The first-order chi connectivity index (χ1) is 8.04. The molecule has 0 radical (unpaired) electrons. The van der Waals surface area contributed by atoms with Gasteiger partial charge in [-0.05, 0) is 62.7 Å². The van der Waals surface area contributed by atoms with Gasteiger partial charge < -0.3 is 10.6 Å². The van der Waals surface area contributed by atoms with E-state index in [1.165, 1.54) is 0 Å². The molecule has 0 spiro atoms. The Balaban J connectivity index is 2.10. The summed E-state index contributed by atoms with van der Waals surface area (Å²) in [7, 11) is 0. The molecule has 1 fully saturated rings. The topological polar surface area (TPSA) is 42.1 Å². The summed E-state index contributed by atoms with van der Waals surface area (Å²) in [6.07, 6.45) is 4.11. The van der Waals surface area contributed by atoms with Crippen LogP contribution in [0.15, 0.2) is 21.2 Å². The lowest BCUT2D eigenvalue weighted by Crippen LogP contribution is -2.42. The largest absolute Gasteiger partial charge is 0.356 e. The van der Waals surface area contributed by atoms with Crippen LogP contribution in [0.1, 0.15) is 19.8 Å². The fourth-order valence-electron chi connectivity index (χ4n) is 2.10. The first-order valence-electron chi connectivity index (χ1n) is 5.80. The van der Waals surface area contributed by atoms with E-state index in [9.17, 15) is 0 Å². The SMILES string of the molecule is CC1(CN)CCN(c2ncc(Br)cc2Br)CC1. The van der Waals surface area contributed by atoms with Gasteiger partial charge in [0.1, 0.15) is 5.82 Å². The molecule has 2 rings (SSSR count). The van der Waals surface area contributed by atoms with Crippen molar-refractivity contribution in [3.05, 3.63) is 21.2 Å². The van der Waals surface area contributed by atoms with Crippen LogP contribution in [-0.4, -0.2) is 24.6 Å². The second kappa shape index (κ2) is 5.24. The van der Waals surface area contributed by atoms with Crippen molar-refractivity contribution < 1.29 is 0 Å². The van der Waals surface area contributed by atoms with Crippen molar-refractivity contribution in [3.8, 4) is 0 Å². The molecule has 5 heteroatoms. The lowest BCUT2D eigenvalue weighted by atomic mass is 9.80. The van der Waals surface area contributed by atoms with Gasteiger partial charge in [0.15, 0.2) is 0 Å². The van der Waals surface area contributed by atoms with Crippen molar-refractivity contribution in [1.82, 2.24) is 4.98 Å². The highest BCUT2D eigenvalue weighted by Crippen LogP contribution is 2.34. The summed E-state index contributed by atoms with van der Waals surface area (Å²) in [4.78, 5) is 6.80. The molecule has 3 nitrogen and oxygen atoms in total. The Morgan fingerprint density at radius 3 is 2.59 bits per heavy atom. The standard InChI is InChI=1S/C12H17Br2N3/c1-12(8-15)2-4-17(5-3-12)11-10(14)6-9(13)7-16-11/h6-7H,2-5,8,15H2,1H3. The number of hydrogen-bond acceptors (Lipinski definition) is 3. The van der Waals surface area contributed by atoms with Gasteiger partial charge in [0, 0.05) is 23.8 Å². The number of nitrogens with two attached hydrogens (primary N) is 1. The Kier molecular flexibility index (Phi) is 4.10. The first-order valence-corrected chi connectivity index (χ1v) is 7.39. The number of anilines is 1. The van der Waals surface area contributed by atoms with Gasteiger partial charge in [-0.1, -0.05) is 6.92 Å². The number of rotatable bonds is 2. The van der Waals surface area contributed by atoms with Crippen molar-refractivity contribution in [2.75, 3.05) is 24.5 Å². The summed E-state index contributed by atoms with van der Waals surface area (Å²) >= 11 is 6.99. The van der Waals surface area contributed by atoms with Gasteiger partial charge in [-0.3, -0.25) is 0 Å². The number of piperidine rings is 1. The van der Waals surface area contributed by atoms with Crippen LogP contribution in [0.4, 0.5) is 5.82 Å². The molecule has 0 aromatic carbocycles. The summed E-state index contributed by atoms with van der Waals surface area (Å²) in [5.41, 5.74) is 6.13. The molecule has 94 valence electrons. The molecule has 0 atom stereocenters. The third-order valence-corrected chi connectivity index (χ3v) is 4.57. The van der Waals surface area contributed by atoms with E-state index in [1.807, 2.05) is 12.3 Å². The Bertz CT molecular complexity index is 401. The third kappa shape index (κ3) is 3.01. The van der Waals surface area contributed by atoms with Crippen molar-refractivity contribution in [3.63, 3.8) is 0 Å². The van der Waals surface area contributed by atoms with Crippen LogP contribution in [0.3, 0.4) is 0 Å². The Labute approximate surface area is 119 Å². The minimum absolute atomic E-state index is 0.304. The molecule has 17 heavy (non-hydrogen) atoms. The number of aromatic nitrogens is 1. The van der Waals surface area contributed by atoms with Crippen LogP contribution >= 0.6 is 31.9 Å². The average molecular weight is 363 g/mol. The quantitative estimate of drug-likeness (QED) is 0.878. The van der Waals surface area contributed by atoms with Crippen molar-refractivity contribution in [2.45, 2.75) is 19.8 Å². The normalized spacial score (nSPS) is 19.4. The van der Waals surface area contributed by atoms with Gasteiger partial charge in [-0.2, -0.15) is 0 Å². The smallest absolute Gasteiger partial charge is 0.142 e. The highest BCUT2D eigenvalue weighted by molar-refractivity contribution is 9.11. The van der Waals surface area contributed by atoms with Crippen LogP contribution in [-0.2, 0) is 0 Å². The van der Waals surface area contributed by atoms with Gasteiger partial charge in [-0.25, -0.2) is 4.98 Å². The average Bonchev–Trinajstić information content (AvgIpc) is 2.31. The monoisotopic (exact) mass is 361 g/mol. The zero-order chi connectivity index (χ0) is 12.5. The molecule has 0 aliphatic carbocycles. The molecule has 1 aliphatic heterocycles. The minimum atomic E-state index is 0.304. The third-order valence-electron chi connectivity index (χ3n) is 3.55. The van der Waals surface area contributed by atoms with Crippen LogP contribution in [0, 0.1) is 5.41 Å². The zero-order valence-corrected chi connectivity index (χ0v) is 13.1. The molecule has 0 bridgehead atoms. The van der Waals surface area contributed by atoms with E-state index >= 15 is 0 Å². The predicted octanol–water partition coefficient (Wildman–Crippen LogP) is 3.17. The van der Waals surface area contributed by atoms with Gasteiger partial charge in [0.25, 0.3) is 0 Å². The number of nitrogens with zero attached hydrogens (tertiary/aromatic N) is 2. The molecule has 0 amide bonds. The van der Waals surface area contributed by atoms with E-state index in [1.54, 1.807) is 0 Å². The number of pyridine rings is 1. The van der Waals surface area contributed by atoms with Crippen molar-refractivity contribution in [2.24, 2.45) is 11.1 Å². The van der Waals surface area contributed by atoms with E-state index in [0.29, 0.717) is 5.41 Å². The first kappa shape index (κ1) is 13.3. The highest BCUT2D eigenvalue weighted by atomic mass is 79.9. The van der Waals surface area contributed by atoms with E-state index < -0.39 is 0 Å². The molecule has 1 aromatic rings.